The van der Waals surface area contributed by atoms with E-state index < -0.39 is 158 Å². The Hall–Kier alpha value is -6.50. The van der Waals surface area contributed by atoms with E-state index >= 15 is 0 Å². The molecule has 7 heterocycles. The maximum atomic E-state index is 13.4. The molecule has 14 rings (SSSR count). The molecule has 8 aliphatic rings. The smallest absolute Gasteiger partial charge is 0.303 e. The first-order chi connectivity index (χ1) is 53.7. The minimum atomic E-state index is -1.15. The molecule has 23 nitrogen and oxygen atoms in total. The monoisotopic (exact) mass is 1530 g/mol. The van der Waals surface area contributed by atoms with E-state index in [0.717, 1.165) is 33.4 Å². The van der Waals surface area contributed by atoms with Crippen molar-refractivity contribution in [1.82, 2.24) is 0 Å². The van der Waals surface area contributed by atoms with Crippen molar-refractivity contribution >= 4 is 11.9 Å². The summed E-state index contributed by atoms with van der Waals surface area (Å²) in [6.45, 7) is 22.5. The van der Waals surface area contributed by atoms with Crippen LogP contribution in [0.25, 0.3) is 0 Å². The van der Waals surface area contributed by atoms with E-state index in [1.807, 2.05) is 224 Å². The van der Waals surface area contributed by atoms with Gasteiger partial charge in [0.2, 0.25) is 0 Å². The summed E-state index contributed by atoms with van der Waals surface area (Å²) in [4.78, 5) is 13.4. The third-order valence-electron chi connectivity index (χ3n) is 22.7. The lowest BCUT2D eigenvalue weighted by Gasteiger charge is -2.52. The summed E-state index contributed by atoms with van der Waals surface area (Å²) >= 11 is 0. The topological polar surface area (TPSA) is 235 Å². The van der Waals surface area contributed by atoms with Crippen LogP contribution in [0.2, 0.25) is 0 Å². The van der Waals surface area contributed by atoms with E-state index in [9.17, 15) is 4.79 Å². The van der Waals surface area contributed by atoms with Gasteiger partial charge in [0.15, 0.2) is 49.4 Å². The predicted molar refractivity (Wildman–Crippen MR) is 404 cm³/mol. The predicted octanol–water partition coefficient (Wildman–Crippen LogP) is 13.3. The van der Waals surface area contributed by atoms with E-state index in [1.165, 1.54) is 6.92 Å². The summed E-state index contributed by atoms with van der Waals surface area (Å²) in [5, 5.41) is 8.86. The molecule has 7 saturated heterocycles. The number of ether oxygens (including phenoxy) is 21. The van der Waals surface area contributed by atoms with Gasteiger partial charge >= 0.3 is 5.97 Å². The van der Waals surface area contributed by atoms with Gasteiger partial charge in [-0.25, -0.2) is 0 Å². The van der Waals surface area contributed by atoms with Gasteiger partial charge < -0.3 is 99.5 Å². The molecule has 23 heteroatoms. The minimum Gasteiger partial charge on any atom is -0.475 e. The molecule has 6 aromatic carbocycles. The zero-order chi connectivity index (χ0) is 77.3. The second-order valence-electron chi connectivity index (χ2n) is 31.7. The van der Waals surface area contributed by atoms with Crippen LogP contribution >= 0.6 is 0 Å². The van der Waals surface area contributed by atoms with Crippen molar-refractivity contribution in [1.29, 1.82) is 5.41 Å². The Morgan fingerprint density at radius 3 is 1.52 bits per heavy atom. The first kappa shape index (κ1) is 81.1. The number of nitrogens with one attached hydrogen (secondary N) is 1. The average Bonchev–Trinajstić information content (AvgIpc) is 1.63. The fourth-order valence-electron chi connectivity index (χ4n) is 16.7. The van der Waals surface area contributed by atoms with Crippen molar-refractivity contribution in [3.63, 3.8) is 0 Å². The molecule has 600 valence electrons. The SMILES string of the molecule is CC(=N)O[C@H]1CC(C)[C@H](OC(C)=O)C(O[C@@H]2OC(C)[C@H](C)[C@@H]3OC(C)(C)OC23)[C@H]1O[C@@H]1OC(C)[C@H](O[C@@H]2OC[C@@H](C)C(O[C@@H]3OCC4(COCc5ccccc5)O[C@@H](c5ccccc5)O[C@H]34)[C@H]2OCc2ccccc2)C(O[C@@H]2OC(COCc3ccccc3)[C@@H](OCc3ccccc3)C(OCc3ccccc3)[C@H]2C)[C@@H]1C. The van der Waals surface area contributed by atoms with Crippen LogP contribution < -0.4 is 0 Å². The molecule has 1 N–H and O–H groups in total. The Kier molecular flexibility index (Phi) is 27.0. The highest BCUT2D eigenvalue weighted by Gasteiger charge is 2.63. The number of esters is 1. The number of hydrogen-bond donors (Lipinski definition) is 1. The standard InChI is InChI=1S/C88H111NO22/c1-52-42-67(100-59(8)89)76(77(69(52)101-60(9)90)107-85-79-73(54(3)57(6)98-85)109-87(10,11)110-79)106-81-56(5)72(104-82-55(4)71(93-46-63-34-22-14-23-35-63)75(94-47-64-36-24-15-25-37-64)68(102-82)49-91-44-61-30-18-12-19-31-61)74(58(7)99-81)105-84-78(95-48-65-38-26-16-27-39-65)70(53(2)43-96-84)103-86-80-88(51-97-86,50-92-45-62-32-20-13-21-33-62)111-83(108-80)66-40-28-17-29-41-66/h12-41,52-58,67-86,89H,42-51H2,1-11H3/t52?,53-,54+,55-,56+,57?,58?,67+,68?,69+,70?,71?,72?,73+,74+,75-,76+,77?,78-,79?,80-,81+,82+,83+,84+,85+,86+,88?/m1/s1. The van der Waals surface area contributed by atoms with E-state index in [4.69, 9.17) is 105 Å². The van der Waals surface area contributed by atoms with E-state index in [2.05, 4.69) is 20.8 Å². The quantitative estimate of drug-likeness (QED) is 0.0251. The lowest BCUT2D eigenvalue weighted by Crippen LogP contribution is -2.65. The lowest BCUT2D eigenvalue weighted by molar-refractivity contribution is -0.384. The van der Waals surface area contributed by atoms with Crippen LogP contribution in [0, 0.1) is 35.0 Å². The lowest BCUT2D eigenvalue weighted by atomic mass is 9.80. The highest BCUT2D eigenvalue weighted by Crippen LogP contribution is 2.49. The molecule has 0 bridgehead atoms. The highest BCUT2D eigenvalue weighted by atomic mass is 16.8. The van der Waals surface area contributed by atoms with Gasteiger partial charge in [0.25, 0.3) is 0 Å². The van der Waals surface area contributed by atoms with Crippen LogP contribution in [0.5, 0.6) is 0 Å². The van der Waals surface area contributed by atoms with Crippen molar-refractivity contribution in [2.75, 3.05) is 26.4 Å². The average molecular weight is 1530 g/mol. The van der Waals surface area contributed by atoms with Crippen molar-refractivity contribution in [3.8, 4) is 0 Å². The van der Waals surface area contributed by atoms with E-state index in [-0.39, 0.29) is 76.0 Å². The van der Waals surface area contributed by atoms with Gasteiger partial charge in [-0.15, -0.1) is 0 Å². The van der Waals surface area contributed by atoms with Gasteiger partial charge in [-0.3, -0.25) is 10.2 Å². The van der Waals surface area contributed by atoms with Crippen molar-refractivity contribution in [2.45, 2.75) is 262 Å². The molecular formula is C88H111NO22. The van der Waals surface area contributed by atoms with Crippen molar-refractivity contribution in [3.05, 3.63) is 215 Å². The van der Waals surface area contributed by atoms with Gasteiger partial charge in [-0.05, 0) is 67.9 Å². The van der Waals surface area contributed by atoms with Crippen LogP contribution in [0.1, 0.15) is 122 Å². The Bertz CT molecular complexity index is 3860. The number of hydrogen-bond acceptors (Lipinski definition) is 23. The van der Waals surface area contributed by atoms with Crippen LogP contribution in [-0.4, -0.2) is 179 Å². The molecule has 0 spiro atoms. The second kappa shape index (κ2) is 37.0. The van der Waals surface area contributed by atoms with Gasteiger partial charge in [-0.2, -0.15) is 0 Å². The molecule has 111 heavy (non-hydrogen) atoms. The molecular weight excluding hydrogens is 1420 g/mol. The van der Waals surface area contributed by atoms with E-state index in [1.54, 1.807) is 6.92 Å². The van der Waals surface area contributed by atoms with Crippen LogP contribution in [0.15, 0.2) is 182 Å². The third-order valence-corrected chi connectivity index (χ3v) is 22.7. The molecule has 1 saturated carbocycles. The van der Waals surface area contributed by atoms with Gasteiger partial charge in [0, 0.05) is 43.1 Å². The summed E-state index contributed by atoms with van der Waals surface area (Å²) in [6.07, 6.45) is -18.4. The third kappa shape index (κ3) is 19.6. The van der Waals surface area contributed by atoms with Gasteiger partial charge in [0.1, 0.15) is 66.6 Å². The summed E-state index contributed by atoms with van der Waals surface area (Å²) < 4.78 is 147. The summed E-state index contributed by atoms with van der Waals surface area (Å²) in [7, 11) is 0. The maximum absolute atomic E-state index is 13.4. The molecule has 0 aromatic heterocycles. The summed E-state index contributed by atoms with van der Waals surface area (Å²) in [5.41, 5.74) is 4.64. The number of fused-ring (bicyclic) bond motifs is 2. The molecule has 28 atom stereocenters. The fourth-order valence-corrected chi connectivity index (χ4v) is 16.7. The fraction of sp³-hybridized carbons (Fsp3) is 0.568. The molecule has 7 aliphatic heterocycles. The first-order valence-electron chi connectivity index (χ1n) is 39.5. The molecule has 8 fully saturated rings. The second-order valence-corrected chi connectivity index (χ2v) is 31.7. The van der Waals surface area contributed by atoms with Crippen molar-refractivity contribution < 1.29 is 104 Å². The molecule has 1 aliphatic carbocycles. The van der Waals surface area contributed by atoms with Crippen molar-refractivity contribution in [2.24, 2.45) is 29.6 Å². The number of rotatable bonds is 30. The molecule has 6 aromatic rings. The van der Waals surface area contributed by atoms with Crippen LogP contribution in [-0.2, 0) is 137 Å². The molecule has 0 amide bonds. The summed E-state index contributed by atoms with van der Waals surface area (Å²) in [5.74, 6) is -3.57. The zero-order valence-corrected chi connectivity index (χ0v) is 65.5. The number of benzene rings is 6. The Morgan fingerprint density at radius 1 is 0.432 bits per heavy atom. The highest BCUT2D eigenvalue weighted by molar-refractivity contribution is 5.69. The largest absolute Gasteiger partial charge is 0.475 e. The Morgan fingerprint density at radius 2 is 0.928 bits per heavy atom. The molecule has 10 unspecified atom stereocenters. The first-order valence-corrected chi connectivity index (χ1v) is 39.5. The van der Waals surface area contributed by atoms with Crippen LogP contribution in [0.3, 0.4) is 0 Å². The van der Waals surface area contributed by atoms with E-state index in [0.29, 0.717) is 19.6 Å². The maximum Gasteiger partial charge on any atom is 0.303 e. The molecule has 0 radical (unpaired) electrons. The number of carbonyl (C=O) groups excluding carboxylic acids is 1. The summed E-state index contributed by atoms with van der Waals surface area (Å²) in [6, 6.07) is 59.8. The van der Waals surface area contributed by atoms with Crippen LogP contribution in [0.4, 0.5) is 0 Å². The minimum absolute atomic E-state index is 0.0575. The Labute approximate surface area is 652 Å². The zero-order valence-electron chi connectivity index (χ0n) is 65.5. The van der Waals surface area contributed by atoms with Gasteiger partial charge in [0.05, 0.1) is 96.1 Å². The normalized spacial score (nSPS) is 37.2. The van der Waals surface area contributed by atoms with Gasteiger partial charge in [-0.1, -0.05) is 217 Å². The number of carbonyl (C=O) groups is 1. The Balaban J connectivity index is 0.821.